The van der Waals surface area contributed by atoms with Gasteiger partial charge in [-0.3, -0.25) is 0 Å². The first-order chi connectivity index (χ1) is 5.27. The SMILES string of the molecule is Cc1ccc([C@@H]2O[C@H]2Cl)cc1. The lowest BCUT2D eigenvalue weighted by molar-refractivity contribution is 0.404. The van der Waals surface area contributed by atoms with Crippen molar-refractivity contribution in [2.75, 3.05) is 0 Å². The van der Waals surface area contributed by atoms with Crippen LogP contribution in [0.4, 0.5) is 0 Å². The molecule has 0 unspecified atom stereocenters. The minimum Gasteiger partial charge on any atom is -0.347 e. The molecule has 0 spiro atoms. The van der Waals surface area contributed by atoms with Crippen molar-refractivity contribution in [2.45, 2.75) is 18.6 Å². The summed E-state index contributed by atoms with van der Waals surface area (Å²) in [5, 5.41) is 0. The van der Waals surface area contributed by atoms with Gasteiger partial charge in [0.1, 0.15) is 6.10 Å². The maximum atomic E-state index is 5.70. The van der Waals surface area contributed by atoms with E-state index in [-0.39, 0.29) is 11.7 Å². The van der Waals surface area contributed by atoms with Gasteiger partial charge in [0.05, 0.1) is 0 Å². The second-order valence-corrected chi connectivity index (χ2v) is 3.25. The van der Waals surface area contributed by atoms with E-state index in [0.717, 1.165) is 0 Å². The molecule has 0 bridgehead atoms. The molecular weight excluding hydrogens is 160 g/mol. The summed E-state index contributed by atoms with van der Waals surface area (Å²) in [6, 6.07) is 8.26. The third-order valence-electron chi connectivity index (χ3n) is 1.84. The van der Waals surface area contributed by atoms with E-state index in [1.807, 2.05) is 0 Å². The maximum Gasteiger partial charge on any atom is 0.162 e. The quantitative estimate of drug-likeness (QED) is 0.464. The molecule has 0 amide bonds. The van der Waals surface area contributed by atoms with Gasteiger partial charge >= 0.3 is 0 Å². The molecule has 0 saturated carbocycles. The van der Waals surface area contributed by atoms with Gasteiger partial charge in [-0.25, -0.2) is 0 Å². The average Bonchev–Trinajstić information content (AvgIpc) is 2.69. The molecule has 0 radical (unpaired) electrons. The van der Waals surface area contributed by atoms with E-state index in [9.17, 15) is 0 Å². The molecule has 0 aromatic heterocycles. The number of aryl methyl sites for hydroxylation is 1. The van der Waals surface area contributed by atoms with Gasteiger partial charge in [-0.05, 0) is 12.5 Å². The molecule has 1 aliphatic heterocycles. The Bertz CT molecular complexity index is 255. The van der Waals surface area contributed by atoms with E-state index in [2.05, 4.69) is 31.2 Å². The minimum absolute atomic E-state index is 0.0993. The molecule has 0 N–H and O–H groups in total. The molecule has 1 nitrogen and oxygen atoms in total. The number of epoxide rings is 1. The van der Waals surface area contributed by atoms with Gasteiger partial charge < -0.3 is 4.74 Å². The average molecular weight is 169 g/mol. The lowest BCUT2D eigenvalue weighted by Crippen LogP contribution is -1.81. The standard InChI is InChI=1S/C9H9ClO/c1-6-2-4-7(5-3-6)8-9(10)11-8/h2-5,8-9H,1H3/t8-,9+/m0/s1. The molecule has 1 saturated heterocycles. The van der Waals surface area contributed by atoms with E-state index in [1.165, 1.54) is 11.1 Å². The summed E-state index contributed by atoms with van der Waals surface area (Å²) in [4.78, 5) is 0. The molecule has 1 aromatic carbocycles. The Balaban J connectivity index is 2.21. The Morgan fingerprint density at radius 1 is 1.27 bits per heavy atom. The van der Waals surface area contributed by atoms with E-state index in [1.54, 1.807) is 0 Å². The first-order valence-corrected chi connectivity index (χ1v) is 4.07. The van der Waals surface area contributed by atoms with Crippen LogP contribution in [-0.4, -0.2) is 5.56 Å². The van der Waals surface area contributed by atoms with E-state index in [0.29, 0.717) is 0 Å². The van der Waals surface area contributed by atoms with Crippen molar-refractivity contribution in [3.63, 3.8) is 0 Å². The van der Waals surface area contributed by atoms with Crippen LogP contribution in [-0.2, 0) is 4.74 Å². The highest BCUT2D eigenvalue weighted by molar-refractivity contribution is 6.21. The predicted molar refractivity (Wildman–Crippen MR) is 44.6 cm³/mol. The van der Waals surface area contributed by atoms with Gasteiger partial charge in [0.15, 0.2) is 5.56 Å². The van der Waals surface area contributed by atoms with Gasteiger partial charge in [-0.1, -0.05) is 41.4 Å². The van der Waals surface area contributed by atoms with E-state index < -0.39 is 0 Å². The Hall–Kier alpha value is -0.530. The summed E-state index contributed by atoms with van der Waals surface area (Å²) >= 11 is 5.70. The van der Waals surface area contributed by atoms with Gasteiger partial charge in [0, 0.05) is 0 Å². The molecule has 1 heterocycles. The lowest BCUT2D eigenvalue weighted by atomic mass is 10.1. The lowest BCUT2D eigenvalue weighted by Gasteiger charge is -1.94. The fourth-order valence-electron chi connectivity index (χ4n) is 1.08. The molecule has 1 fully saturated rings. The number of ether oxygens (including phenoxy) is 1. The normalized spacial score (nSPS) is 28.5. The van der Waals surface area contributed by atoms with Crippen LogP contribution in [0.2, 0.25) is 0 Å². The van der Waals surface area contributed by atoms with Crippen molar-refractivity contribution in [3.8, 4) is 0 Å². The third kappa shape index (κ3) is 1.39. The molecule has 58 valence electrons. The molecular formula is C9H9ClO. The number of hydrogen-bond acceptors (Lipinski definition) is 1. The zero-order valence-electron chi connectivity index (χ0n) is 6.25. The van der Waals surface area contributed by atoms with Crippen molar-refractivity contribution < 1.29 is 4.74 Å². The fourth-order valence-corrected chi connectivity index (χ4v) is 1.34. The van der Waals surface area contributed by atoms with Crippen LogP contribution in [0, 0.1) is 6.92 Å². The molecule has 11 heavy (non-hydrogen) atoms. The molecule has 0 aliphatic carbocycles. The van der Waals surface area contributed by atoms with Crippen LogP contribution >= 0.6 is 11.6 Å². The Kier molecular flexibility index (Phi) is 1.63. The van der Waals surface area contributed by atoms with Crippen molar-refractivity contribution in [3.05, 3.63) is 35.4 Å². The van der Waals surface area contributed by atoms with Gasteiger partial charge in [-0.15, -0.1) is 0 Å². The summed E-state index contributed by atoms with van der Waals surface area (Å²) in [5.41, 5.74) is 2.34. The van der Waals surface area contributed by atoms with Crippen LogP contribution in [0.25, 0.3) is 0 Å². The van der Waals surface area contributed by atoms with Crippen LogP contribution < -0.4 is 0 Å². The number of halogens is 1. The number of hydrogen-bond donors (Lipinski definition) is 0. The van der Waals surface area contributed by atoms with Crippen molar-refractivity contribution in [1.29, 1.82) is 0 Å². The van der Waals surface area contributed by atoms with Crippen LogP contribution in [0.3, 0.4) is 0 Å². The molecule has 2 atom stereocenters. The van der Waals surface area contributed by atoms with Crippen molar-refractivity contribution in [1.82, 2.24) is 0 Å². The largest absolute Gasteiger partial charge is 0.347 e. The monoisotopic (exact) mass is 168 g/mol. The van der Waals surface area contributed by atoms with E-state index in [4.69, 9.17) is 16.3 Å². The minimum atomic E-state index is -0.0993. The van der Waals surface area contributed by atoms with Crippen LogP contribution in [0.15, 0.2) is 24.3 Å². The van der Waals surface area contributed by atoms with E-state index >= 15 is 0 Å². The third-order valence-corrected chi connectivity index (χ3v) is 2.18. The Morgan fingerprint density at radius 3 is 2.27 bits per heavy atom. The smallest absolute Gasteiger partial charge is 0.162 e. The second kappa shape index (κ2) is 2.50. The highest BCUT2D eigenvalue weighted by Gasteiger charge is 2.37. The summed E-state index contributed by atoms with van der Waals surface area (Å²) in [6.07, 6.45) is 0.136. The molecule has 2 heteroatoms. The topological polar surface area (TPSA) is 12.5 Å². The molecule has 1 aromatic rings. The number of rotatable bonds is 1. The van der Waals surface area contributed by atoms with Gasteiger partial charge in [-0.2, -0.15) is 0 Å². The first kappa shape index (κ1) is 7.14. The van der Waals surface area contributed by atoms with Gasteiger partial charge in [0.2, 0.25) is 0 Å². The predicted octanol–water partition coefficient (Wildman–Crippen LogP) is 2.63. The molecule has 1 aliphatic rings. The zero-order chi connectivity index (χ0) is 7.84. The Morgan fingerprint density at radius 2 is 1.82 bits per heavy atom. The summed E-state index contributed by atoms with van der Waals surface area (Å²) in [6.45, 7) is 2.07. The number of alkyl halides is 1. The number of benzene rings is 1. The Labute approximate surface area is 70.9 Å². The van der Waals surface area contributed by atoms with Crippen molar-refractivity contribution in [2.24, 2.45) is 0 Å². The highest BCUT2D eigenvalue weighted by atomic mass is 35.5. The molecule has 2 rings (SSSR count). The summed E-state index contributed by atoms with van der Waals surface area (Å²) < 4.78 is 5.11. The van der Waals surface area contributed by atoms with Crippen molar-refractivity contribution >= 4 is 11.6 Å². The first-order valence-electron chi connectivity index (χ1n) is 3.63. The van der Waals surface area contributed by atoms with Crippen LogP contribution in [0.1, 0.15) is 17.2 Å². The summed E-state index contributed by atoms with van der Waals surface area (Å²) in [7, 11) is 0. The fraction of sp³-hybridized carbons (Fsp3) is 0.333. The zero-order valence-corrected chi connectivity index (χ0v) is 7.01. The summed E-state index contributed by atoms with van der Waals surface area (Å²) in [5.74, 6) is 0. The highest BCUT2D eigenvalue weighted by Crippen LogP contribution is 2.40. The van der Waals surface area contributed by atoms with Gasteiger partial charge in [0.25, 0.3) is 0 Å². The van der Waals surface area contributed by atoms with Crippen LogP contribution in [0.5, 0.6) is 0 Å². The second-order valence-electron chi connectivity index (χ2n) is 2.82. The maximum absolute atomic E-state index is 5.70.